The van der Waals surface area contributed by atoms with E-state index >= 15 is 0 Å². The molecule has 0 atom stereocenters. The number of carbonyl (C=O) groups is 1. The third kappa shape index (κ3) is 3.25. The summed E-state index contributed by atoms with van der Waals surface area (Å²) in [7, 11) is 1.41. The smallest absolute Gasteiger partial charge is 0.339 e. The van der Waals surface area contributed by atoms with Gasteiger partial charge in [-0.15, -0.1) is 0 Å². The minimum atomic E-state index is -1.14. The summed E-state index contributed by atoms with van der Waals surface area (Å²) in [6, 6.07) is 8.85. The van der Waals surface area contributed by atoms with Crippen LogP contribution in [0.2, 0.25) is 5.02 Å². The van der Waals surface area contributed by atoms with Crippen molar-refractivity contribution < 1.29 is 23.8 Å². The van der Waals surface area contributed by atoms with E-state index in [0.29, 0.717) is 5.56 Å². The van der Waals surface area contributed by atoms with Gasteiger partial charge in [0.25, 0.3) is 0 Å². The minimum absolute atomic E-state index is 0.0399. The maximum atomic E-state index is 13.4. The largest absolute Gasteiger partial charge is 0.493 e. The van der Waals surface area contributed by atoms with Gasteiger partial charge in [-0.1, -0.05) is 29.8 Å². The maximum absolute atomic E-state index is 13.4. The molecule has 6 heteroatoms. The first kappa shape index (κ1) is 15.1. The van der Waals surface area contributed by atoms with Gasteiger partial charge in [0.15, 0.2) is 11.5 Å². The Hall–Kier alpha value is -2.27. The molecule has 0 aromatic heterocycles. The highest BCUT2D eigenvalue weighted by molar-refractivity contribution is 6.31. The van der Waals surface area contributed by atoms with Crippen LogP contribution in [0.25, 0.3) is 0 Å². The van der Waals surface area contributed by atoms with Crippen molar-refractivity contribution in [1.29, 1.82) is 0 Å². The van der Waals surface area contributed by atoms with Crippen molar-refractivity contribution in [2.24, 2.45) is 0 Å². The molecule has 0 fully saturated rings. The maximum Gasteiger partial charge on any atom is 0.339 e. The van der Waals surface area contributed by atoms with Crippen LogP contribution in [0.15, 0.2) is 36.4 Å². The van der Waals surface area contributed by atoms with Gasteiger partial charge in [0.2, 0.25) is 0 Å². The van der Waals surface area contributed by atoms with Gasteiger partial charge in [0, 0.05) is 5.56 Å². The van der Waals surface area contributed by atoms with Gasteiger partial charge in [-0.25, -0.2) is 9.18 Å². The summed E-state index contributed by atoms with van der Waals surface area (Å²) in [4.78, 5) is 11.2. The molecule has 110 valence electrons. The monoisotopic (exact) mass is 310 g/mol. The topological polar surface area (TPSA) is 55.8 Å². The lowest BCUT2D eigenvalue weighted by molar-refractivity contribution is 0.0691. The zero-order chi connectivity index (χ0) is 15.4. The predicted octanol–water partition coefficient (Wildman–Crippen LogP) is 3.76. The van der Waals surface area contributed by atoms with Gasteiger partial charge in [0.1, 0.15) is 18.0 Å². The van der Waals surface area contributed by atoms with E-state index in [-0.39, 0.29) is 28.7 Å². The van der Waals surface area contributed by atoms with Gasteiger partial charge in [0.05, 0.1) is 12.1 Å². The number of ether oxygens (including phenoxy) is 2. The average Bonchev–Trinajstić information content (AvgIpc) is 2.48. The first-order valence-corrected chi connectivity index (χ1v) is 6.38. The summed E-state index contributed by atoms with van der Waals surface area (Å²) in [5.41, 5.74) is 0.376. The SMILES string of the molecule is COc1cccc(C(=O)O)c1OCc1cccc(F)c1Cl. The third-order valence-electron chi connectivity index (χ3n) is 2.83. The van der Waals surface area contributed by atoms with Crippen LogP contribution in [-0.2, 0) is 6.61 Å². The van der Waals surface area contributed by atoms with Crippen molar-refractivity contribution in [3.8, 4) is 11.5 Å². The first-order valence-electron chi connectivity index (χ1n) is 6.00. The zero-order valence-electron chi connectivity index (χ0n) is 11.1. The molecule has 0 saturated carbocycles. The normalized spacial score (nSPS) is 10.2. The highest BCUT2D eigenvalue weighted by Gasteiger charge is 2.17. The number of hydrogen-bond acceptors (Lipinski definition) is 3. The molecule has 0 radical (unpaired) electrons. The quantitative estimate of drug-likeness (QED) is 0.913. The second-order valence-electron chi connectivity index (χ2n) is 4.14. The fourth-order valence-electron chi connectivity index (χ4n) is 1.80. The Labute approximate surface area is 125 Å². The Morgan fingerprint density at radius 2 is 2.00 bits per heavy atom. The fourth-order valence-corrected chi connectivity index (χ4v) is 1.98. The van der Waals surface area contributed by atoms with E-state index in [0.717, 1.165) is 0 Å². The van der Waals surface area contributed by atoms with Crippen molar-refractivity contribution in [1.82, 2.24) is 0 Å². The van der Waals surface area contributed by atoms with Crippen LogP contribution in [-0.4, -0.2) is 18.2 Å². The second-order valence-corrected chi connectivity index (χ2v) is 4.52. The van der Waals surface area contributed by atoms with E-state index in [4.69, 9.17) is 26.2 Å². The Morgan fingerprint density at radius 3 is 2.67 bits per heavy atom. The average molecular weight is 311 g/mol. The second kappa shape index (κ2) is 6.45. The molecule has 0 aliphatic rings. The standard InChI is InChI=1S/C15H12ClFO4/c1-20-12-7-3-5-10(15(18)19)14(12)21-8-9-4-2-6-11(17)13(9)16/h2-7H,8H2,1H3,(H,18,19). The number of carboxylic acid groups (broad SMARTS) is 1. The van der Waals surface area contributed by atoms with Crippen LogP contribution in [0.4, 0.5) is 4.39 Å². The predicted molar refractivity (Wildman–Crippen MR) is 75.7 cm³/mol. The summed E-state index contributed by atoms with van der Waals surface area (Å²) in [6.45, 7) is -0.0722. The highest BCUT2D eigenvalue weighted by atomic mass is 35.5. The molecule has 0 saturated heterocycles. The number of aromatic carboxylic acids is 1. The van der Waals surface area contributed by atoms with Crippen LogP contribution < -0.4 is 9.47 Å². The number of hydrogen-bond donors (Lipinski definition) is 1. The molecule has 0 amide bonds. The number of benzene rings is 2. The van der Waals surface area contributed by atoms with Crippen molar-refractivity contribution in [2.45, 2.75) is 6.61 Å². The van der Waals surface area contributed by atoms with Gasteiger partial charge in [-0.3, -0.25) is 0 Å². The van der Waals surface area contributed by atoms with E-state index in [1.165, 1.54) is 25.3 Å². The Morgan fingerprint density at radius 1 is 1.29 bits per heavy atom. The molecule has 0 spiro atoms. The van der Waals surface area contributed by atoms with E-state index in [9.17, 15) is 9.18 Å². The lowest BCUT2D eigenvalue weighted by Crippen LogP contribution is -2.05. The molecule has 0 aliphatic carbocycles. The van der Waals surface area contributed by atoms with Crippen LogP contribution in [0.5, 0.6) is 11.5 Å². The Balaban J connectivity index is 2.31. The first-order chi connectivity index (χ1) is 10.0. The molecule has 2 aromatic rings. The molecule has 4 nitrogen and oxygen atoms in total. The van der Waals surface area contributed by atoms with E-state index < -0.39 is 11.8 Å². The van der Waals surface area contributed by atoms with Crippen LogP contribution >= 0.6 is 11.6 Å². The molecule has 21 heavy (non-hydrogen) atoms. The number of halogens is 2. The minimum Gasteiger partial charge on any atom is -0.493 e. The van der Waals surface area contributed by atoms with Crippen molar-refractivity contribution in [2.75, 3.05) is 7.11 Å². The summed E-state index contributed by atoms with van der Waals surface area (Å²) >= 11 is 5.83. The van der Waals surface area contributed by atoms with Gasteiger partial charge in [-0.05, 0) is 18.2 Å². The number of rotatable bonds is 5. The van der Waals surface area contributed by atoms with Crippen molar-refractivity contribution in [3.63, 3.8) is 0 Å². The summed E-state index contributed by atoms with van der Waals surface area (Å²) in [5, 5.41) is 9.11. The van der Waals surface area contributed by atoms with E-state index in [1.807, 2.05) is 0 Å². The Kier molecular flexibility index (Phi) is 4.65. The molecule has 0 heterocycles. The molecular weight excluding hydrogens is 299 g/mol. The van der Waals surface area contributed by atoms with Crippen molar-refractivity contribution in [3.05, 3.63) is 58.4 Å². The van der Waals surface area contributed by atoms with Gasteiger partial charge in [-0.2, -0.15) is 0 Å². The van der Waals surface area contributed by atoms with Crippen LogP contribution in [0.1, 0.15) is 15.9 Å². The van der Waals surface area contributed by atoms with E-state index in [2.05, 4.69) is 0 Å². The third-order valence-corrected chi connectivity index (χ3v) is 3.26. The lowest BCUT2D eigenvalue weighted by Gasteiger charge is -2.13. The summed E-state index contributed by atoms with van der Waals surface area (Å²) in [5.74, 6) is -1.35. The molecule has 2 aromatic carbocycles. The van der Waals surface area contributed by atoms with Gasteiger partial charge >= 0.3 is 5.97 Å². The van der Waals surface area contributed by atoms with Crippen molar-refractivity contribution >= 4 is 17.6 Å². The molecule has 0 unspecified atom stereocenters. The van der Waals surface area contributed by atoms with E-state index in [1.54, 1.807) is 18.2 Å². The zero-order valence-corrected chi connectivity index (χ0v) is 11.9. The summed E-state index contributed by atoms with van der Waals surface area (Å²) in [6.07, 6.45) is 0. The van der Waals surface area contributed by atoms with Gasteiger partial charge < -0.3 is 14.6 Å². The molecule has 2 rings (SSSR count). The fraction of sp³-hybridized carbons (Fsp3) is 0.133. The molecular formula is C15H12ClFO4. The molecule has 0 aliphatic heterocycles. The van der Waals surface area contributed by atoms with Crippen LogP contribution in [0.3, 0.4) is 0 Å². The van der Waals surface area contributed by atoms with Crippen LogP contribution in [0, 0.1) is 5.82 Å². The molecule has 1 N–H and O–H groups in total. The Bertz CT molecular complexity index is 673. The molecule has 0 bridgehead atoms. The lowest BCUT2D eigenvalue weighted by atomic mass is 10.2. The number of para-hydroxylation sites is 1. The number of carboxylic acids is 1. The number of methoxy groups -OCH3 is 1. The summed E-state index contributed by atoms with van der Waals surface area (Å²) < 4.78 is 23.9. The highest BCUT2D eigenvalue weighted by Crippen LogP contribution is 2.32.